The highest BCUT2D eigenvalue weighted by Gasteiger charge is 2.64. The molecule has 0 aliphatic carbocycles. The van der Waals surface area contributed by atoms with Crippen molar-refractivity contribution >= 4 is 34.9 Å². The first-order valence-corrected chi connectivity index (χ1v) is 5.75. The summed E-state index contributed by atoms with van der Waals surface area (Å²) in [5.74, 6) is -1.63. The third-order valence-electron chi connectivity index (χ3n) is 3.30. The predicted octanol–water partition coefficient (Wildman–Crippen LogP) is -0.250. The lowest BCUT2D eigenvalue weighted by Gasteiger charge is -2.30. The Bertz CT molecular complexity index is 599. The zero-order valence-electron chi connectivity index (χ0n) is 9.17. The summed E-state index contributed by atoms with van der Waals surface area (Å²) < 4.78 is 0. The van der Waals surface area contributed by atoms with Crippen LogP contribution in [0.1, 0.15) is 5.56 Å². The van der Waals surface area contributed by atoms with Crippen LogP contribution >= 0.6 is 12.2 Å². The zero-order chi connectivity index (χ0) is 12.9. The Kier molecular flexibility index (Phi) is 2.12. The fraction of sp³-hybridized carbons (Fsp3) is 0.167. The van der Waals surface area contributed by atoms with Gasteiger partial charge in [-0.05, 0) is 17.8 Å². The molecule has 0 spiro atoms. The van der Waals surface area contributed by atoms with Crippen LogP contribution in [0, 0.1) is 0 Å². The van der Waals surface area contributed by atoms with Crippen molar-refractivity contribution in [2.75, 3.05) is 6.54 Å². The molecule has 3 rings (SSSR count). The second kappa shape index (κ2) is 3.46. The van der Waals surface area contributed by atoms with Gasteiger partial charge in [0.05, 0.1) is 6.54 Å². The molecule has 2 saturated heterocycles. The van der Waals surface area contributed by atoms with Gasteiger partial charge in [0.2, 0.25) is 5.41 Å². The first kappa shape index (κ1) is 11.0. The molecule has 90 valence electrons. The molecule has 5 nitrogen and oxygen atoms in total. The van der Waals surface area contributed by atoms with E-state index in [1.54, 1.807) is 30.3 Å². The lowest BCUT2D eigenvalue weighted by molar-refractivity contribution is -0.142. The van der Waals surface area contributed by atoms with Crippen molar-refractivity contribution in [3.8, 4) is 0 Å². The largest absolute Gasteiger partial charge is 0.301 e. The van der Waals surface area contributed by atoms with Gasteiger partial charge in [0, 0.05) is 0 Å². The van der Waals surface area contributed by atoms with Gasteiger partial charge < -0.3 is 5.32 Å². The Hall–Kier alpha value is -2.08. The first-order valence-electron chi connectivity index (χ1n) is 5.34. The summed E-state index contributed by atoms with van der Waals surface area (Å²) in [6.07, 6.45) is 0. The van der Waals surface area contributed by atoms with Crippen LogP contribution < -0.4 is 5.32 Å². The number of carbonyl (C=O) groups excluding carboxylic acids is 3. The average molecular weight is 260 g/mol. The highest BCUT2D eigenvalue weighted by Crippen LogP contribution is 2.36. The molecule has 2 fully saturated rings. The second-order valence-corrected chi connectivity index (χ2v) is 4.58. The number of nitrogens with one attached hydrogen (secondary N) is 1. The van der Waals surface area contributed by atoms with Crippen LogP contribution in [0.3, 0.4) is 0 Å². The van der Waals surface area contributed by atoms with Crippen LogP contribution in [0.4, 0.5) is 0 Å². The molecule has 1 atom stereocenters. The number of ketones is 1. The number of hydrogen-bond acceptors (Lipinski definition) is 4. The Morgan fingerprint density at radius 1 is 1.17 bits per heavy atom. The van der Waals surface area contributed by atoms with Crippen LogP contribution in [0.5, 0.6) is 0 Å². The second-order valence-electron chi connectivity index (χ2n) is 4.19. The Labute approximate surface area is 108 Å². The molecule has 1 aromatic rings. The van der Waals surface area contributed by atoms with Gasteiger partial charge in [0.25, 0.3) is 11.8 Å². The van der Waals surface area contributed by atoms with Crippen LogP contribution in [0.25, 0.3) is 0 Å². The molecule has 2 bridgehead atoms. The maximum absolute atomic E-state index is 12.3. The Balaban J connectivity index is 2.26. The monoisotopic (exact) mass is 260 g/mol. The zero-order valence-corrected chi connectivity index (χ0v) is 9.99. The van der Waals surface area contributed by atoms with Gasteiger partial charge >= 0.3 is 0 Å². The number of thiocarbonyl (C=S) groups is 1. The highest BCUT2D eigenvalue weighted by molar-refractivity contribution is 7.80. The van der Waals surface area contributed by atoms with E-state index < -0.39 is 23.0 Å². The molecule has 0 radical (unpaired) electrons. The smallest absolute Gasteiger partial charge is 0.257 e. The predicted molar refractivity (Wildman–Crippen MR) is 65.6 cm³/mol. The molecule has 2 heterocycles. The number of fused-ring (bicyclic) bond motifs is 2. The van der Waals surface area contributed by atoms with E-state index in [-0.39, 0.29) is 11.7 Å². The van der Waals surface area contributed by atoms with Crippen molar-refractivity contribution in [3.05, 3.63) is 35.9 Å². The van der Waals surface area contributed by atoms with Crippen molar-refractivity contribution in [1.82, 2.24) is 10.2 Å². The maximum Gasteiger partial charge on any atom is 0.257 e. The van der Waals surface area contributed by atoms with Gasteiger partial charge in [0.1, 0.15) is 0 Å². The number of benzene rings is 1. The van der Waals surface area contributed by atoms with E-state index in [0.29, 0.717) is 5.56 Å². The minimum absolute atomic E-state index is 0.00223. The number of rotatable bonds is 1. The quantitative estimate of drug-likeness (QED) is 0.558. The maximum atomic E-state index is 12.3. The van der Waals surface area contributed by atoms with E-state index in [0.717, 1.165) is 4.90 Å². The molecular weight excluding hydrogens is 252 g/mol. The van der Waals surface area contributed by atoms with Gasteiger partial charge in [-0.3, -0.25) is 19.3 Å². The van der Waals surface area contributed by atoms with Crippen molar-refractivity contribution in [2.45, 2.75) is 5.41 Å². The van der Waals surface area contributed by atoms with E-state index >= 15 is 0 Å². The number of hydrogen-bond donors (Lipinski definition) is 1. The van der Waals surface area contributed by atoms with Gasteiger partial charge in [-0.25, -0.2) is 0 Å². The summed E-state index contributed by atoms with van der Waals surface area (Å²) in [6, 6.07) is 8.34. The SMILES string of the molecule is O=C1CN2C(=O)C1(c1ccccc1)C(=O)NC2=S. The van der Waals surface area contributed by atoms with Crippen LogP contribution in [0.15, 0.2) is 30.3 Å². The topological polar surface area (TPSA) is 66.5 Å². The Morgan fingerprint density at radius 3 is 2.50 bits per heavy atom. The molecule has 1 aromatic carbocycles. The summed E-state index contributed by atoms with van der Waals surface area (Å²) in [7, 11) is 0. The summed E-state index contributed by atoms with van der Waals surface area (Å²) in [5, 5.41) is 2.42. The minimum Gasteiger partial charge on any atom is -0.301 e. The van der Waals surface area contributed by atoms with Crippen LogP contribution in [0.2, 0.25) is 0 Å². The molecule has 0 saturated carbocycles. The van der Waals surface area contributed by atoms with Crippen LogP contribution in [-0.2, 0) is 19.8 Å². The molecule has 2 amide bonds. The van der Waals surface area contributed by atoms with Crippen LogP contribution in [-0.4, -0.2) is 34.2 Å². The summed E-state index contributed by atoms with van der Waals surface area (Å²) in [6.45, 7) is -0.148. The molecule has 2 aliphatic rings. The third kappa shape index (κ3) is 1.10. The summed E-state index contributed by atoms with van der Waals surface area (Å²) >= 11 is 4.88. The van der Waals surface area contributed by atoms with Crippen molar-refractivity contribution in [3.63, 3.8) is 0 Å². The summed E-state index contributed by atoms with van der Waals surface area (Å²) in [5.41, 5.74) is -1.36. The van der Waals surface area contributed by atoms with Crippen molar-refractivity contribution in [1.29, 1.82) is 0 Å². The van der Waals surface area contributed by atoms with E-state index in [2.05, 4.69) is 5.32 Å². The molecule has 2 aliphatic heterocycles. The lowest BCUT2D eigenvalue weighted by Crippen LogP contribution is -2.61. The minimum atomic E-state index is -1.75. The Morgan fingerprint density at radius 2 is 1.83 bits per heavy atom. The lowest BCUT2D eigenvalue weighted by atomic mass is 9.76. The third-order valence-corrected chi connectivity index (χ3v) is 3.62. The molecule has 18 heavy (non-hydrogen) atoms. The molecule has 1 N–H and O–H groups in total. The van der Waals surface area contributed by atoms with Gasteiger partial charge in [0.15, 0.2) is 10.9 Å². The number of nitrogens with zero attached hydrogens (tertiary/aromatic N) is 1. The standard InChI is InChI=1S/C12H8N2O3S/c15-8-6-14-10(17)12(8,9(16)13-11(14)18)7-4-2-1-3-5-7/h1-5H,6H2,(H,13,16,18). The highest BCUT2D eigenvalue weighted by atomic mass is 32.1. The number of carbonyl (C=O) groups is 3. The summed E-state index contributed by atoms with van der Waals surface area (Å²) in [4.78, 5) is 37.7. The van der Waals surface area contributed by atoms with Gasteiger partial charge in [-0.1, -0.05) is 30.3 Å². The fourth-order valence-electron chi connectivity index (χ4n) is 2.41. The van der Waals surface area contributed by atoms with Crippen molar-refractivity contribution < 1.29 is 14.4 Å². The van der Waals surface area contributed by atoms with E-state index in [1.807, 2.05) is 0 Å². The van der Waals surface area contributed by atoms with E-state index in [9.17, 15) is 14.4 Å². The molecular formula is C12H8N2O3S. The van der Waals surface area contributed by atoms with Crippen molar-refractivity contribution in [2.24, 2.45) is 0 Å². The van der Waals surface area contributed by atoms with E-state index in [1.165, 1.54) is 0 Å². The fourth-order valence-corrected chi connectivity index (χ4v) is 2.65. The molecule has 0 aromatic heterocycles. The van der Waals surface area contributed by atoms with Gasteiger partial charge in [-0.15, -0.1) is 0 Å². The number of amides is 2. The first-order chi connectivity index (χ1) is 8.58. The van der Waals surface area contributed by atoms with E-state index in [4.69, 9.17) is 12.2 Å². The molecule has 1 unspecified atom stereocenters. The van der Waals surface area contributed by atoms with Gasteiger partial charge in [-0.2, -0.15) is 0 Å². The number of Topliss-reactive ketones (excluding diaryl/α,β-unsaturated/α-hetero) is 1. The average Bonchev–Trinajstić information content (AvgIpc) is 2.57. The normalized spacial score (nSPS) is 26.6. The molecule has 6 heteroatoms.